The van der Waals surface area contributed by atoms with E-state index in [-0.39, 0.29) is 7.43 Å². The average molecular weight is 264 g/mol. The molecule has 0 atom stereocenters. The molecule has 0 amide bonds. The topological polar surface area (TPSA) is 0 Å². The van der Waals surface area contributed by atoms with Gasteiger partial charge in [-0.2, -0.15) is 0 Å². The molecule has 0 N–H and O–H groups in total. The molecule has 0 heteroatoms. The molecule has 0 aliphatic carbocycles. The van der Waals surface area contributed by atoms with Crippen LogP contribution >= 0.6 is 0 Å². The van der Waals surface area contributed by atoms with E-state index in [1.54, 1.807) is 0 Å². The van der Waals surface area contributed by atoms with Crippen LogP contribution in [0, 0.1) is 0 Å². The third-order valence-electron chi connectivity index (χ3n) is 1.98. The van der Waals surface area contributed by atoms with Gasteiger partial charge in [-0.3, -0.25) is 0 Å². The van der Waals surface area contributed by atoms with Gasteiger partial charge in [0.15, 0.2) is 0 Å². The summed E-state index contributed by atoms with van der Waals surface area (Å²) < 4.78 is 0. The Kier molecular flexibility index (Phi) is 26.4. The Balaban J connectivity index is -0.000000204. The molecule has 0 rings (SSSR count). The van der Waals surface area contributed by atoms with E-state index in [0.717, 1.165) is 11.1 Å². The van der Waals surface area contributed by atoms with E-state index in [1.165, 1.54) is 11.1 Å². The normalized spacial score (nSPS) is 11.1. The molecule has 0 aromatic heterocycles. The van der Waals surface area contributed by atoms with Gasteiger partial charge in [-0.05, 0) is 38.8 Å². The summed E-state index contributed by atoms with van der Waals surface area (Å²) in [6.07, 6.45) is 8.15. The lowest BCUT2D eigenvalue weighted by Crippen LogP contribution is -1.83. The number of hydrogen-bond acceptors (Lipinski definition) is 0. The molecule has 0 unspecified atom stereocenters. The summed E-state index contributed by atoms with van der Waals surface area (Å²) in [5, 5.41) is 0. The van der Waals surface area contributed by atoms with Crippen LogP contribution in [0.3, 0.4) is 0 Å². The third kappa shape index (κ3) is 16.7. The van der Waals surface area contributed by atoms with E-state index >= 15 is 0 Å². The maximum Gasteiger partial charge on any atom is -0.0231 e. The lowest BCUT2D eigenvalue weighted by molar-refractivity contribution is 1.35. The van der Waals surface area contributed by atoms with Crippen molar-refractivity contribution in [3.63, 3.8) is 0 Å². The number of hydrogen-bond donors (Lipinski definition) is 0. The molecule has 0 aromatic carbocycles. The zero-order chi connectivity index (χ0) is 15.1. The Morgan fingerprint density at radius 1 is 0.895 bits per heavy atom. The lowest BCUT2D eigenvalue weighted by atomic mass is 10.0. The van der Waals surface area contributed by atoms with E-state index in [2.05, 4.69) is 39.2 Å². The van der Waals surface area contributed by atoms with Crippen molar-refractivity contribution < 1.29 is 0 Å². The molecule has 0 aliphatic rings. The monoisotopic (exact) mass is 264 g/mol. The third-order valence-corrected chi connectivity index (χ3v) is 1.98. The second-order valence-corrected chi connectivity index (χ2v) is 3.51. The zero-order valence-corrected chi connectivity index (χ0v) is 13.7. The summed E-state index contributed by atoms with van der Waals surface area (Å²) in [6.45, 7) is 23.9. The van der Waals surface area contributed by atoms with E-state index < -0.39 is 0 Å². The van der Waals surface area contributed by atoms with Gasteiger partial charge in [0.05, 0.1) is 0 Å². The smallest absolute Gasteiger partial charge is 0.0231 e. The summed E-state index contributed by atoms with van der Waals surface area (Å²) in [4.78, 5) is 0. The molecule has 0 aromatic rings. The van der Waals surface area contributed by atoms with Crippen LogP contribution in [0.5, 0.6) is 0 Å². The van der Waals surface area contributed by atoms with Crippen molar-refractivity contribution in [1.29, 1.82) is 0 Å². The molecule has 0 bridgehead atoms. The fraction of sp³-hybridized carbons (Fsp3) is 0.474. The molecule has 0 radical (unpaired) electrons. The van der Waals surface area contributed by atoms with Gasteiger partial charge in [-0.15, -0.1) is 0 Å². The van der Waals surface area contributed by atoms with Crippen LogP contribution in [-0.2, 0) is 0 Å². The molecule has 0 heterocycles. The van der Waals surface area contributed by atoms with Gasteiger partial charge >= 0.3 is 0 Å². The van der Waals surface area contributed by atoms with Crippen LogP contribution in [-0.4, -0.2) is 0 Å². The molecule has 0 saturated heterocycles. The minimum absolute atomic E-state index is 0. The van der Waals surface area contributed by atoms with Gasteiger partial charge in [0.25, 0.3) is 0 Å². The largest absolute Gasteiger partial charge is 0.0985 e. The Morgan fingerprint density at radius 3 is 1.58 bits per heavy atom. The number of allylic oxidation sites excluding steroid dienone is 8. The Labute approximate surface area is 123 Å². The van der Waals surface area contributed by atoms with E-state index in [1.807, 2.05) is 53.7 Å². The van der Waals surface area contributed by atoms with Gasteiger partial charge in [0.1, 0.15) is 0 Å². The van der Waals surface area contributed by atoms with Gasteiger partial charge in [0.2, 0.25) is 0 Å². The van der Waals surface area contributed by atoms with Crippen molar-refractivity contribution >= 4 is 0 Å². The Morgan fingerprint density at radius 2 is 1.32 bits per heavy atom. The van der Waals surface area contributed by atoms with Crippen LogP contribution in [0.15, 0.2) is 59.8 Å². The highest BCUT2D eigenvalue weighted by molar-refractivity contribution is 5.44. The van der Waals surface area contributed by atoms with Crippen LogP contribution in [0.4, 0.5) is 0 Å². The van der Waals surface area contributed by atoms with Gasteiger partial charge in [-0.1, -0.05) is 83.7 Å². The maximum atomic E-state index is 3.86. The molecule has 0 saturated carbocycles. The SMILES string of the molecule is C.C=CC(=C\C(=C)C)/C(C)=C/C(C)=C\C.CC.CC. The van der Waals surface area contributed by atoms with Crippen molar-refractivity contribution in [2.24, 2.45) is 0 Å². The predicted octanol–water partition coefficient (Wildman–Crippen LogP) is 7.28. The minimum Gasteiger partial charge on any atom is -0.0985 e. The predicted molar refractivity (Wildman–Crippen MR) is 95.7 cm³/mol. The molecule has 0 spiro atoms. The number of rotatable bonds is 4. The summed E-state index contributed by atoms with van der Waals surface area (Å²) >= 11 is 0. The van der Waals surface area contributed by atoms with Crippen molar-refractivity contribution in [2.75, 3.05) is 0 Å². The quantitative estimate of drug-likeness (QED) is 0.468. The second-order valence-electron chi connectivity index (χ2n) is 3.51. The minimum atomic E-state index is 0. The summed E-state index contributed by atoms with van der Waals surface area (Å²) in [6, 6.07) is 0. The summed E-state index contributed by atoms with van der Waals surface area (Å²) in [5.74, 6) is 0. The van der Waals surface area contributed by atoms with Crippen LogP contribution in [0.2, 0.25) is 0 Å². The van der Waals surface area contributed by atoms with Gasteiger partial charge < -0.3 is 0 Å². The second kappa shape index (κ2) is 19.0. The van der Waals surface area contributed by atoms with Crippen LogP contribution < -0.4 is 0 Å². The first kappa shape index (κ1) is 26.3. The molecular formula is C19H36. The van der Waals surface area contributed by atoms with Crippen molar-refractivity contribution in [3.05, 3.63) is 59.8 Å². The van der Waals surface area contributed by atoms with Crippen molar-refractivity contribution in [2.45, 2.75) is 62.8 Å². The van der Waals surface area contributed by atoms with Crippen molar-refractivity contribution in [1.82, 2.24) is 0 Å². The molecular weight excluding hydrogens is 228 g/mol. The first-order valence-corrected chi connectivity index (χ1v) is 6.82. The highest BCUT2D eigenvalue weighted by atomic mass is 14.0. The van der Waals surface area contributed by atoms with Gasteiger partial charge in [-0.25, -0.2) is 0 Å². The molecule has 0 aliphatic heterocycles. The molecule has 112 valence electrons. The van der Waals surface area contributed by atoms with Gasteiger partial charge in [0, 0.05) is 0 Å². The van der Waals surface area contributed by atoms with Crippen LogP contribution in [0.25, 0.3) is 0 Å². The average Bonchev–Trinajstić information content (AvgIpc) is 2.40. The van der Waals surface area contributed by atoms with E-state index in [4.69, 9.17) is 0 Å². The first-order chi connectivity index (χ1) is 8.51. The molecule has 0 nitrogen and oxygen atoms in total. The zero-order valence-electron chi connectivity index (χ0n) is 13.7. The van der Waals surface area contributed by atoms with E-state index in [9.17, 15) is 0 Å². The fourth-order valence-electron chi connectivity index (χ4n) is 1.11. The standard InChI is InChI=1S/C14H20.2C2H6.CH4/c1-7-12(5)10-13(6)14(8-2)9-11(3)4;2*1-2;/h7-10H,2-3H2,1,4-6H3;2*1-2H3;1H4/b12-7-,13-10+,14-9+;;;. The van der Waals surface area contributed by atoms with Crippen molar-refractivity contribution in [3.8, 4) is 0 Å². The Bertz CT molecular complexity index is 309. The molecule has 19 heavy (non-hydrogen) atoms. The lowest BCUT2D eigenvalue weighted by Gasteiger charge is -2.03. The van der Waals surface area contributed by atoms with E-state index in [0.29, 0.717) is 0 Å². The van der Waals surface area contributed by atoms with Crippen LogP contribution in [0.1, 0.15) is 62.8 Å². The molecule has 0 fully saturated rings. The fourth-order valence-corrected chi connectivity index (χ4v) is 1.11. The Hall–Kier alpha value is -1.30. The highest BCUT2D eigenvalue weighted by Crippen LogP contribution is 2.14. The maximum absolute atomic E-state index is 3.86. The summed E-state index contributed by atoms with van der Waals surface area (Å²) in [5.41, 5.74) is 4.67. The highest BCUT2D eigenvalue weighted by Gasteiger charge is 1.94. The first-order valence-electron chi connectivity index (χ1n) is 6.82. The summed E-state index contributed by atoms with van der Waals surface area (Å²) in [7, 11) is 0.